The molecule has 0 spiro atoms. The van der Waals surface area contributed by atoms with Crippen LogP contribution in [-0.2, 0) is 32.5 Å². The third-order valence-electron chi connectivity index (χ3n) is 7.85. The molecule has 3 aromatic rings. The van der Waals surface area contributed by atoms with Gasteiger partial charge in [-0.15, -0.1) is 0 Å². The molecular weight excluding hydrogens is 534 g/mol. The predicted molar refractivity (Wildman–Crippen MR) is 163 cm³/mol. The summed E-state index contributed by atoms with van der Waals surface area (Å²) in [5.74, 6) is -0.623. The van der Waals surface area contributed by atoms with Gasteiger partial charge < -0.3 is 10.2 Å². The molecule has 3 aromatic carbocycles. The van der Waals surface area contributed by atoms with Gasteiger partial charge in [0.25, 0.3) is 10.0 Å². The van der Waals surface area contributed by atoms with Crippen LogP contribution in [-0.4, -0.2) is 50.3 Å². The zero-order valence-electron chi connectivity index (χ0n) is 24.0. The molecule has 0 saturated heterocycles. The topological polar surface area (TPSA) is 86.8 Å². The van der Waals surface area contributed by atoms with Gasteiger partial charge in [-0.25, -0.2) is 8.42 Å². The molecule has 1 fully saturated rings. The number of hydrogen-bond acceptors (Lipinski definition) is 4. The third-order valence-corrected chi connectivity index (χ3v) is 9.63. The number of aryl methyl sites for hydroxylation is 1. The smallest absolute Gasteiger partial charge is 0.264 e. The summed E-state index contributed by atoms with van der Waals surface area (Å²) in [4.78, 5) is 29.2. The molecule has 218 valence electrons. The van der Waals surface area contributed by atoms with Crippen LogP contribution >= 0.6 is 0 Å². The number of amides is 2. The Labute approximate surface area is 244 Å². The SMILES string of the molecule is CCc1ccccc1N(CC(=O)N(CCc1ccccc1)C(C)C(=O)NC1CCCCC1)S(=O)(=O)c1ccccc1. The van der Waals surface area contributed by atoms with Crippen LogP contribution in [0, 0.1) is 0 Å². The Bertz CT molecular complexity index is 1390. The number of para-hydroxylation sites is 1. The highest BCUT2D eigenvalue weighted by Gasteiger charge is 2.33. The molecule has 41 heavy (non-hydrogen) atoms. The van der Waals surface area contributed by atoms with Crippen LogP contribution in [0.4, 0.5) is 5.69 Å². The standard InChI is InChI=1S/C33H41N3O4S/c1-3-28-17-13-14-22-31(28)36(41(39,40)30-20-11-6-12-21-30)25-32(37)35(24-23-27-15-7-4-8-16-27)26(2)33(38)34-29-18-9-5-10-19-29/h4,6-8,11-17,20-22,26,29H,3,5,9-10,18-19,23-25H2,1-2H3,(H,34,38). The average Bonchev–Trinajstić information content (AvgIpc) is 3.01. The van der Waals surface area contributed by atoms with Gasteiger partial charge in [0.05, 0.1) is 10.6 Å². The van der Waals surface area contributed by atoms with Gasteiger partial charge in [0.15, 0.2) is 0 Å². The second kappa shape index (κ2) is 14.3. The van der Waals surface area contributed by atoms with Crippen LogP contribution < -0.4 is 9.62 Å². The number of nitrogens with one attached hydrogen (secondary N) is 1. The van der Waals surface area contributed by atoms with Crippen molar-refractivity contribution >= 4 is 27.5 Å². The lowest BCUT2D eigenvalue weighted by Gasteiger charge is -2.33. The third kappa shape index (κ3) is 7.76. The summed E-state index contributed by atoms with van der Waals surface area (Å²) >= 11 is 0. The lowest BCUT2D eigenvalue weighted by atomic mass is 9.95. The van der Waals surface area contributed by atoms with Crippen LogP contribution in [0.25, 0.3) is 0 Å². The second-order valence-electron chi connectivity index (χ2n) is 10.6. The highest BCUT2D eigenvalue weighted by Crippen LogP contribution is 2.28. The van der Waals surface area contributed by atoms with E-state index in [4.69, 9.17) is 0 Å². The van der Waals surface area contributed by atoms with E-state index in [2.05, 4.69) is 5.32 Å². The number of anilines is 1. The summed E-state index contributed by atoms with van der Waals surface area (Å²) in [5.41, 5.74) is 2.32. The van der Waals surface area contributed by atoms with Crippen LogP contribution in [0.2, 0.25) is 0 Å². The van der Waals surface area contributed by atoms with Crippen LogP contribution in [0.15, 0.2) is 89.8 Å². The van der Waals surface area contributed by atoms with Gasteiger partial charge in [0.2, 0.25) is 11.8 Å². The van der Waals surface area contributed by atoms with E-state index in [1.165, 1.54) is 27.8 Å². The van der Waals surface area contributed by atoms with Crippen molar-refractivity contribution in [1.29, 1.82) is 0 Å². The van der Waals surface area contributed by atoms with Crippen LogP contribution in [0.3, 0.4) is 0 Å². The number of carbonyl (C=O) groups excluding carboxylic acids is 2. The largest absolute Gasteiger partial charge is 0.352 e. The van der Waals surface area contributed by atoms with E-state index in [0.29, 0.717) is 18.5 Å². The fourth-order valence-corrected chi connectivity index (χ4v) is 6.90. The molecule has 4 rings (SSSR count). The summed E-state index contributed by atoms with van der Waals surface area (Å²) in [7, 11) is -4.07. The number of rotatable bonds is 12. The molecule has 1 atom stereocenters. The Morgan fingerprint density at radius 1 is 0.878 bits per heavy atom. The molecule has 0 heterocycles. The van der Waals surface area contributed by atoms with E-state index in [1.807, 2.05) is 49.4 Å². The molecule has 2 amide bonds. The fourth-order valence-electron chi connectivity index (χ4n) is 5.42. The maximum absolute atomic E-state index is 14.1. The van der Waals surface area contributed by atoms with Gasteiger partial charge in [-0.3, -0.25) is 13.9 Å². The maximum Gasteiger partial charge on any atom is 0.264 e. The van der Waals surface area contributed by atoms with Gasteiger partial charge in [0.1, 0.15) is 12.6 Å². The van der Waals surface area contributed by atoms with E-state index in [0.717, 1.165) is 36.8 Å². The van der Waals surface area contributed by atoms with Crippen molar-refractivity contribution in [2.24, 2.45) is 0 Å². The molecule has 8 heteroatoms. The zero-order chi connectivity index (χ0) is 29.2. The van der Waals surface area contributed by atoms with Crippen molar-refractivity contribution in [1.82, 2.24) is 10.2 Å². The highest BCUT2D eigenvalue weighted by atomic mass is 32.2. The normalized spacial score (nSPS) is 14.7. The van der Waals surface area contributed by atoms with Gasteiger partial charge in [-0.2, -0.15) is 0 Å². The lowest BCUT2D eigenvalue weighted by molar-refractivity contribution is -0.139. The first kappa shape index (κ1) is 30.3. The summed E-state index contributed by atoms with van der Waals surface area (Å²) < 4.78 is 29.2. The van der Waals surface area contributed by atoms with Crippen molar-refractivity contribution in [2.75, 3.05) is 17.4 Å². The number of nitrogens with zero attached hydrogens (tertiary/aromatic N) is 2. The van der Waals surface area contributed by atoms with E-state index in [1.54, 1.807) is 37.3 Å². The summed E-state index contributed by atoms with van der Waals surface area (Å²) in [6, 6.07) is 24.6. The van der Waals surface area contributed by atoms with Crippen molar-refractivity contribution in [2.45, 2.75) is 75.8 Å². The van der Waals surface area contributed by atoms with Crippen molar-refractivity contribution in [3.05, 3.63) is 96.1 Å². The molecule has 7 nitrogen and oxygen atoms in total. The first-order valence-corrected chi connectivity index (χ1v) is 16.0. The number of benzene rings is 3. The zero-order valence-corrected chi connectivity index (χ0v) is 24.9. The monoisotopic (exact) mass is 575 g/mol. The Morgan fingerprint density at radius 2 is 1.49 bits per heavy atom. The van der Waals surface area contributed by atoms with Crippen LogP contribution in [0.1, 0.15) is 57.1 Å². The summed E-state index contributed by atoms with van der Waals surface area (Å²) in [6.45, 7) is 3.57. The van der Waals surface area contributed by atoms with E-state index >= 15 is 0 Å². The van der Waals surface area contributed by atoms with Crippen molar-refractivity contribution < 1.29 is 18.0 Å². The Hall–Kier alpha value is -3.65. The quantitative estimate of drug-likeness (QED) is 0.315. The van der Waals surface area contributed by atoms with E-state index in [9.17, 15) is 18.0 Å². The van der Waals surface area contributed by atoms with Crippen molar-refractivity contribution in [3.63, 3.8) is 0 Å². The minimum Gasteiger partial charge on any atom is -0.352 e. The predicted octanol–water partition coefficient (Wildman–Crippen LogP) is 5.35. The molecule has 0 radical (unpaired) electrons. The highest BCUT2D eigenvalue weighted by molar-refractivity contribution is 7.92. The Kier molecular flexibility index (Phi) is 10.6. The second-order valence-corrected chi connectivity index (χ2v) is 12.5. The molecular formula is C33H41N3O4S. The molecule has 0 aromatic heterocycles. The van der Waals surface area contributed by atoms with E-state index < -0.39 is 28.5 Å². The van der Waals surface area contributed by atoms with Gasteiger partial charge in [0, 0.05) is 12.6 Å². The van der Waals surface area contributed by atoms with E-state index in [-0.39, 0.29) is 23.4 Å². The summed E-state index contributed by atoms with van der Waals surface area (Å²) in [6.07, 6.45) is 6.36. The minimum absolute atomic E-state index is 0.108. The van der Waals surface area contributed by atoms with Gasteiger partial charge in [-0.05, 0) is 61.9 Å². The first-order valence-electron chi connectivity index (χ1n) is 14.6. The average molecular weight is 576 g/mol. The fraction of sp³-hybridized carbons (Fsp3) is 0.394. The number of hydrogen-bond donors (Lipinski definition) is 1. The molecule has 1 saturated carbocycles. The summed E-state index contributed by atoms with van der Waals surface area (Å²) in [5, 5.41) is 3.15. The van der Waals surface area contributed by atoms with Gasteiger partial charge >= 0.3 is 0 Å². The van der Waals surface area contributed by atoms with Crippen molar-refractivity contribution in [3.8, 4) is 0 Å². The molecule has 1 unspecified atom stereocenters. The number of sulfonamides is 1. The Morgan fingerprint density at radius 3 is 2.15 bits per heavy atom. The van der Waals surface area contributed by atoms with Gasteiger partial charge in [-0.1, -0.05) is 92.9 Å². The molecule has 0 bridgehead atoms. The first-order chi connectivity index (χ1) is 19.8. The minimum atomic E-state index is -4.07. The maximum atomic E-state index is 14.1. The molecule has 1 aliphatic rings. The number of carbonyl (C=O) groups is 2. The Balaban J connectivity index is 1.65. The lowest BCUT2D eigenvalue weighted by Crippen LogP contribution is -2.53. The molecule has 0 aliphatic heterocycles. The molecule has 1 N–H and O–H groups in total. The van der Waals surface area contributed by atoms with Crippen LogP contribution in [0.5, 0.6) is 0 Å². The molecule has 1 aliphatic carbocycles.